The van der Waals surface area contributed by atoms with Gasteiger partial charge in [0.15, 0.2) is 0 Å². The van der Waals surface area contributed by atoms with E-state index < -0.39 is 0 Å². The van der Waals surface area contributed by atoms with Gasteiger partial charge in [-0.05, 0) is 43.0 Å². The molecular formula is C20H23ClN2. The molecule has 0 heterocycles. The number of likely N-dealkylation sites (N-methyl/N-ethyl adjacent to an activating group) is 1. The summed E-state index contributed by atoms with van der Waals surface area (Å²) in [5.41, 5.74) is 3.67. The van der Waals surface area contributed by atoms with Crippen LogP contribution in [-0.2, 0) is 5.41 Å². The van der Waals surface area contributed by atoms with Gasteiger partial charge in [-0.1, -0.05) is 54.4 Å². The third-order valence-electron chi connectivity index (χ3n) is 5.09. The van der Waals surface area contributed by atoms with Gasteiger partial charge in [0.2, 0.25) is 0 Å². The lowest BCUT2D eigenvalue weighted by molar-refractivity contribution is 0.198. The van der Waals surface area contributed by atoms with Gasteiger partial charge in [-0.3, -0.25) is 5.41 Å². The third-order valence-corrected chi connectivity index (χ3v) is 5.34. The number of hydrogen-bond donors (Lipinski definition) is 1. The molecule has 1 aliphatic carbocycles. The Morgan fingerprint density at radius 1 is 1.13 bits per heavy atom. The van der Waals surface area contributed by atoms with Crippen LogP contribution in [0.3, 0.4) is 0 Å². The molecule has 0 unspecified atom stereocenters. The predicted molar refractivity (Wildman–Crippen MR) is 97.6 cm³/mol. The van der Waals surface area contributed by atoms with Crippen LogP contribution in [0.1, 0.15) is 36.0 Å². The lowest BCUT2D eigenvalue weighted by Crippen LogP contribution is -2.46. The fourth-order valence-corrected chi connectivity index (χ4v) is 3.65. The van der Waals surface area contributed by atoms with E-state index in [4.69, 9.17) is 17.0 Å². The van der Waals surface area contributed by atoms with Gasteiger partial charge >= 0.3 is 0 Å². The average Bonchev–Trinajstić information content (AvgIpc) is 2.51. The summed E-state index contributed by atoms with van der Waals surface area (Å²) >= 11 is 6.03. The second kappa shape index (κ2) is 6.37. The Hall–Kier alpha value is -1.80. The molecule has 2 aromatic rings. The van der Waals surface area contributed by atoms with Gasteiger partial charge in [-0.15, -0.1) is 0 Å². The maximum absolute atomic E-state index is 8.56. The lowest BCUT2D eigenvalue weighted by atomic mass is 9.64. The molecule has 0 aromatic heterocycles. The molecule has 1 aliphatic rings. The molecule has 1 saturated carbocycles. The van der Waals surface area contributed by atoms with Crippen LogP contribution in [0.15, 0.2) is 48.5 Å². The van der Waals surface area contributed by atoms with Crippen LogP contribution in [0.2, 0.25) is 5.02 Å². The van der Waals surface area contributed by atoms with Crippen molar-refractivity contribution in [3.63, 3.8) is 0 Å². The fourth-order valence-electron chi connectivity index (χ4n) is 3.52. The molecule has 0 saturated heterocycles. The molecule has 2 nitrogen and oxygen atoms in total. The highest BCUT2D eigenvalue weighted by Crippen LogP contribution is 2.44. The molecule has 2 aromatic carbocycles. The van der Waals surface area contributed by atoms with Crippen molar-refractivity contribution in [1.82, 2.24) is 4.90 Å². The van der Waals surface area contributed by atoms with E-state index in [9.17, 15) is 0 Å². The topological polar surface area (TPSA) is 27.1 Å². The molecule has 1 fully saturated rings. The maximum atomic E-state index is 8.56. The minimum Gasteiger partial charge on any atom is -0.359 e. The van der Waals surface area contributed by atoms with E-state index in [2.05, 4.69) is 30.0 Å². The van der Waals surface area contributed by atoms with Crippen LogP contribution < -0.4 is 0 Å². The molecule has 0 aliphatic heterocycles. The summed E-state index contributed by atoms with van der Waals surface area (Å²) in [6.45, 7) is 2.94. The molecule has 120 valence electrons. The van der Waals surface area contributed by atoms with Gasteiger partial charge in [-0.25, -0.2) is 0 Å². The van der Waals surface area contributed by atoms with Crippen molar-refractivity contribution >= 4 is 17.4 Å². The first-order valence-electron chi connectivity index (χ1n) is 8.14. The number of nitrogens with one attached hydrogen (secondary N) is 1. The van der Waals surface area contributed by atoms with Crippen LogP contribution in [0.25, 0.3) is 0 Å². The first-order valence-corrected chi connectivity index (χ1v) is 8.51. The van der Waals surface area contributed by atoms with Gasteiger partial charge in [0.25, 0.3) is 0 Å². The van der Waals surface area contributed by atoms with Gasteiger partial charge in [0, 0.05) is 29.6 Å². The Morgan fingerprint density at radius 2 is 1.78 bits per heavy atom. The number of benzene rings is 2. The first-order chi connectivity index (χ1) is 11.0. The van der Waals surface area contributed by atoms with E-state index in [-0.39, 0.29) is 5.41 Å². The first kappa shape index (κ1) is 16.1. The van der Waals surface area contributed by atoms with Crippen molar-refractivity contribution in [3.8, 4) is 0 Å². The second-order valence-corrected chi connectivity index (χ2v) is 7.10. The molecule has 0 bridgehead atoms. The standard InChI is InChI=1S/C20H23ClN2/c1-15-6-3-4-7-18(15)19(22)23(2)14-20(12-5-13-20)16-8-10-17(21)11-9-16/h3-4,6-11,22H,5,12-14H2,1-2H3. The lowest BCUT2D eigenvalue weighted by Gasteiger charge is -2.45. The highest BCUT2D eigenvalue weighted by molar-refractivity contribution is 6.30. The minimum atomic E-state index is 0.161. The quantitative estimate of drug-likeness (QED) is 0.619. The maximum Gasteiger partial charge on any atom is 0.128 e. The van der Waals surface area contributed by atoms with Crippen LogP contribution >= 0.6 is 11.6 Å². The zero-order valence-electron chi connectivity index (χ0n) is 13.8. The Morgan fingerprint density at radius 3 is 2.35 bits per heavy atom. The number of halogens is 1. The van der Waals surface area contributed by atoms with E-state index in [1.165, 1.54) is 24.8 Å². The van der Waals surface area contributed by atoms with Crippen LogP contribution in [0.5, 0.6) is 0 Å². The van der Waals surface area contributed by atoms with Crippen LogP contribution in [-0.4, -0.2) is 24.3 Å². The second-order valence-electron chi connectivity index (χ2n) is 6.66. The molecular weight excluding hydrogens is 304 g/mol. The summed E-state index contributed by atoms with van der Waals surface area (Å²) < 4.78 is 0. The van der Waals surface area contributed by atoms with Crippen molar-refractivity contribution in [2.75, 3.05) is 13.6 Å². The Bertz CT molecular complexity index is 702. The summed E-state index contributed by atoms with van der Waals surface area (Å²) in [6.07, 6.45) is 3.62. The molecule has 3 heteroatoms. The van der Waals surface area contributed by atoms with E-state index in [0.717, 1.165) is 22.7 Å². The van der Waals surface area contributed by atoms with Crippen molar-refractivity contribution in [2.45, 2.75) is 31.6 Å². The third kappa shape index (κ3) is 3.13. The van der Waals surface area contributed by atoms with Crippen molar-refractivity contribution in [3.05, 3.63) is 70.2 Å². The van der Waals surface area contributed by atoms with E-state index in [0.29, 0.717) is 5.84 Å². The largest absolute Gasteiger partial charge is 0.359 e. The summed E-state index contributed by atoms with van der Waals surface area (Å²) in [5.74, 6) is 0.600. The number of aryl methyl sites for hydroxylation is 1. The molecule has 0 atom stereocenters. The normalized spacial score (nSPS) is 15.8. The molecule has 0 radical (unpaired) electrons. The molecule has 23 heavy (non-hydrogen) atoms. The van der Waals surface area contributed by atoms with E-state index in [1.54, 1.807) is 0 Å². The van der Waals surface area contributed by atoms with Gasteiger partial charge in [0.05, 0.1) is 0 Å². The van der Waals surface area contributed by atoms with Crippen molar-refractivity contribution in [2.24, 2.45) is 0 Å². The summed E-state index contributed by atoms with van der Waals surface area (Å²) in [7, 11) is 2.03. The molecule has 1 N–H and O–H groups in total. The van der Waals surface area contributed by atoms with Gasteiger partial charge in [-0.2, -0.15) is 0 Å². The number of amidine groups is 1. The molecule has 0 spiro atoms. The monoisotopic (exact) mass is 326 g/mol. The summed E-state index contributed by atoms with van der Waals surface area (Å²) in [5, 5.41) is 9.34. The molecule has 3 rings (SSSR count). The Kier molecular flexibility index (Phi) is 4.45. The SMILES string of the molecule is Cc1ccccc1C(=N)N(C)CC1(c2ccc(Cl)cc2)CCC1. The van der Waals surface area contributed by atoms with Crippen molar-refractivity contribution < 1.29 is 0 Å². The van der Waals surface area contributed by atoms with E-state index in [1.807, 2.05) is 37.4 Å². The summed E-state index contributed by atoms with van der Waals surface area (Å²) in [6, 6.07) is 16.4. The number of nitrogens with zero attached hydrogens (tertiary/aromatic N) is 1. The van der Waals surface area contributed by atoms with Crippen LogP contribution in [0.4, 0.5) is 0 Å². The smallest absolute Gasteiger partial charge is 0.128 e. The zero-order valence-corrected chi connectivity index (χ0v) is 14.5. The fraction of sp³-hybridized carbons (Fsp3) is 0.350. The highest BCUT2D eigenvalue weighted by Gasteiger charge is 2.40. The van der Waals surface area contributed by atoms with E-state index >= 15 is 0 Å². The predicted octanol–water partition coefficient (Wildman–Crippen LogP) is 5.03. The average molecular weight is 327 g/mol. The van der Waals surface area contributed by atoms with Crippen LogP contribution in [0, 0.1) is 12.3 Å². The number of rotatable bonds is 4. The number of hydrogen-bond acceptors (Lipinski definition) is 1. The zero-order chi connectivity index (χ0) is 16.4. The highest BCUT2D eigenvalue weighted by atomic mass is 35.5. The van der Waals surface area contributed by atoms with Gasteiger partial charge < -0.3 is 4.90 Å². The van der Waals surface area contributed by atoms with Gasteiger partial charge in [0.1, 0.15) is 5.84 Å². The Balaban J connectivity index is 1.80. The molecule has 0 amide bonds. The Labute approximate surface area is 143 Å². The minimum absolute atomic E-state index is 0.161. The summed E-state index contributed by atoms with van der Waals surface area (Å²) in [4.78, 5) is 2.09. The van der Waals surface area contributed by atoms with Crippen molar-refractivity contribution in [1.29, 1.82) is 5.41 Å².